The Labute approximate surface area is 92.4 Å². The minimum absolute atomic E-state index is 0.286. The normalized spacial score (nSPS) is 12.6. The Morgan fingerprint density at radius 1 is 1.00 bits per heavy atom. The molecule has 1 rings (SSSR count). The molecule has 14 heavy (non-hydrogen) atoms. The first kappa shape index (κ1) is 11.8. The van der Waals surface area contributed by atoms with Gasteiger partial charge in [0.15, 0.2) is 0 Å². The van der Waals surface area contributed by atoms with E-state index in [0.29, 0.717) is 5.92 Å². The molecule has 1 aromatic heterocycles. The molecule has 0 aromatic carbocycles. The van der Waals surface area contributed by atoms with Gasteiger partial charge >= 0.3 is 0 Å². The number of thiophene rings is 1. The second-order valence-corrected chi connectivity index (χ2v) is 6.84. The molecule has 1 heterocycles. The van der Waals surface area contributed by atoms with Gasteiger partial charge in [0.1, 0.15) is 0 Å². The number of rotatable bonds is 1. The fourth-order valence-electron chi connectivity index (χ4n) is 2.33. The highest BCUT2D eigenvalue weighted by Crippen LogP contribution is 2.39. The van der Waals surface area contributed by atoms with Gasteiger partial charge in [-0.3, -0.25) is 0 Å². The first-order valence-electron chi connectivity index (χ1n) is 5.35. The Morgan fingerprint density at radius 2 is 1.50 bits per heavy atom. The molecule has 0 saturated heterocycles. The van der Waals surface area contributed by atoms with E-state index in [-0.39, 0.29) is 5.41 Å². The Hall–Kier alpha value is -0.300. The van der Waals surface area contributed by atoms with Gasteiger partial charge in [-0.2, -0.15) is 0 Å². The van der Waals surface area contributed by atoms with E-state index in [2.05, 4.69) is 48.5 Å². The third kappa shape index (κ3) is 2.03. The van der Waals surface area contributed by atoms with E-state index in [0.717, 1.165) is 0 Å². The van der Waals surface area contributed by atoms with Gasteiger partial charge in [0.2, 0.25) is 0 Å². The van der Waals surface area contributed by atoms with E-state index in [4.69, 9.17) is 0 Å². The van der Waals surface area contributed by atoms with Gasteiger partial charge in [-0.15, -0.1) is 11.3 Å². The molecule has 0 bridgehead atoms. The summed E-state index contributed by atoms with van der Waals surface area (Å²) < 4.78 is 0. The van der Waals surface area contributed by atoms with Crippen molar-refractivity contribution in [2.45, 2.75) is 59.8 Å². The van der Waals surface area contributed by atoms with Crippen LogP contribution in [0, 0.1) is 13.8 Å². The van der Waals surface area contributed by atoms with E-state index in [1.807, 2.05) is 11.3 Å². The maximum atomic E-state index is 2.31. The molecule has 1 heteroatoms. The lowest BCUT2D eigenvalue weighted by Gasteiger charge is -2.23. The third-order valence-electron chi connectivity index (χ3n) is 2.63. The molecule has 0 spiro atoms. The van der Waals surface area contributed by atoms with Crippen LogP contribution in [-0.2, 0) is 5.41 Å². The molecule has 0 saturated carbocycles. The topological polar surface area (TPSA) is 0 Å². The fourth-order valence-corrected chi connectivity index (χ4v) is 3.75. The van der Waals surface area contributed by atoms with Crippen LogP contribution in [0.5, 0.6) is 0 Å². The highest BCUT2D eigenvalue weighted by atomic mass is 32.1. The summed E-state index contributed by atoms with van der Waals surface area (Å²) in [5, 5.41) is 0. The lowest BCUT2D eigenvalue weighted by molar-refractivity contribution is 0.576. The highest BCUT2D eigenvalue weighted by molar-refractivity contribution is 7.12. The average molecular weight is 210 g/mol. The lowest BCUT2D eigenvalue weighted by Crippen LogP contribution is -2.14. The number of aryl methyl sites for hydroxylation is 2. The monoisotopic (exact) mass is 210 g/mol. The van der Waals surface area contributed by atoms with Gasteiger partial charge in [-0.1, -0.05) is 34.6 Å². The summed E-state index contributed by atoms with van der Waals surface area (Å²) in [5.41, 5.74) is 3.45. The summed E-state index contributed by atoms with van der Waals surface area (Å²) in [5.74, 6) is 0.647. The van der Waals surface area contributed by atoms with Gasteiger partial charge in [0.25, 0.3) is 0 Å². The zero-order valence-corrected chi connectivity index (χ0v) is 11.3. The predicted octanol–water partition coefficient (Wildman–Crippen LogP) is 4.79. The van der Waals surface area contributed by atoms with Crippen LogP contribution in [0.25, 0.3) is 0 Å². The molecule has 0 fully saturated rings. The summed E-state index contributed by atoms with van der Waals surface area (Å²) in [6.45, 7) is 16.0. The summed E-state index contributed by atoms with van der Waals surface area (Å²) in [7, 11) is 0. The first-order valence-corrected chi connectivity index (χ1v) is 6.17. The smallest absolute Gasteiger partial charge is 0.00573 e. The van der Waals surface area contributed by atoms with Gasteiger partial charge in [-0.05, 0) is 36.3 Å². The maximum absolute atomic E-state index is 2.31. The van der Waals surface area contributed by atoms with Crippen molar-refractivity contribution in [3.63, 3.8) is 0 Å². The minimum Gasteiger partial charge on any atom is -0.145 e. The van der Waals surface area contributed by atoms with Gasteiger partial charge in [0, 0.05) is 9.75 Å². The minimum atomic E-state index is 0.286. The lowest BCUT2D eigenvalue weighted by atomic mass is 9.81. The molecule has 80 valence electrons. The van der Waals surface area contributed by atoms with Crippen molar-refractivity contribution in [2.24, 2.45) is 0 Å². The van der Waals surface area contributed by atoms with Crippen molar-refractivity contribution < 1.29 is 0 Å². The molecule has 0 N–H and O–H groups in total. The summed E-state index contributed by atoms with van der Waals surface area (Å²) in [6.07, 6.45) is 0. The summed E-state index contributed by atoms with van der Waals surface area (Å²) in [4.78, 5) is 3.00. The van der Waals surface area contributed by atoms with Gasteiger partial charge < -0.3 is 0 Å². The molecule has 0 aliphatic rings. The summed E-state index contributed by atoms with van der Waals surface area (Å²) in [6, 6.07) is 0. The highest BCUT2D eigenvalue weighted by Gasteiger charge is 2.25. The summed E-state index contributed by atoms with van der Waals surface area (Å²) >= 11 is 1.95. The number of hydrogen-bond acceptors (Lipinski definition) is 1. The Bertz CT molecular complexity index is 324. The molecule has 0 nitrogen and oxygen atoms in total. The molecule has 0 aliphatic carbocycles. The van der Waals surface area contributed by atoms with Crippen LogP contribution in [-0.4, -0.2) is 0 Å². The zero-order valence-electron chi connectivity index (χ0n) is 10.5. The molecule has 0 radical (unpaired) electrons. The van der Waals surface area contributed by atoms with Crippen molar-refractivity contribution in [3.05, 3.63) is 20.9 Å². The molecular formula is C13H22S. The van der Waals surface area contributed by atoms with Crippen molar-refractivity contribution in [2.75, 3.05) is 0 Å². The Balaban J connectivity index is 3.40. The van der Waals surface area contributed by atoms with Gasteiger partial charge in [0.05, 0.1) is 0 Å². The zero-order chi connectivity index (χ0) is 11.1. The quantitative estimate of drug-likeness (QED) is 0.625. The SMILES string of the molecule is Cc1sc(C)c(C(C)(C)C)c1C(C)C. The Morgan fingerprint density at radius 3 is 1.79 bits per heavy atom. The molecule has 0 amide bonds. The molecule has 0 aliphatic heterocycles. The third-order valence-corrected chi connectivity index (χ3v) is 3.67. The van der Waals surface area contributed by atoms with E-state index in [1.165, 1.54) is 9.75 Å². The van der Waals surface area contributed by atoms with Crippen LogP contribution < -0.4 is 0 Å². The van der Waals surface area contributed by atoms with Crippen LogP contribution in [0.2, 0.25) is 0 Å². The van der Waals surface area contributed by atoms with E-state index < -0.39 is 0 Å². The second-order valence-electron chi connectivity index (χ2n) is 5.41. The molecule has 0 atom stereocenters. The molecular weight excluding hydrogens is 188 g/mol. The fraction of sp³-hybridized carbons (Fsp3) is 0.692. The van der Waals surface area contributed by atoms with Crippen LogP contribution in [0.15, 0.2) is 0 Å². The van der Waals surface area contributed by atoms with Crippen LogP contribution in [0.1, 0.15) is 61.4 Å². The van der Waals surface area contributed by atoms with Gasteiger partial charge in [-0.25, -0.2) is 0 Å². The largest absolute Gasteiger partial charge is 0.145 e. The van der Waals surface area contributed by atoms with Crippen molar-refractivity contribution >= 4 is 11.3 Å². The van der Waals surface area contributed by atoms with Crippen molar-refractivity contribution in [3.8, 4) is 0 Å². The first-order chi connectivity index (χ1) is 6.25. The number of hydrogen-bond donors (Lipinski definition) is 0. The average Bonchev–Trinajstić information content (AvgIpc) is 2.23. The van der Waals surface area contributed by atoms with Crippen LogP contribution in [0.4, 0.5) is 0 Å². The predicted molar refractivity (Wildman–Crippen MR) is 66.6 cm³/mol. The molecule has 0 unspecified atom stereocenters. The maximum Gasteiger partial charge on any atom is 0.00573 e. The Kier molecular flexibility index (Phi) is 3.10. The van der Waals surface area contributed by atoms with Crippen molar-refractivity contribution in [1.29, 1.82) is 0 Å². The van der Waals surface area contributed by atoms with Crippen LogP contribution >= 0.6 is 11.3 Å². The van der Waals surface area contributed by atoms with E-state index in [1.54, 1.807) is 11.1 Å². The van der Waals surface area contributed by atoms with E-state index >= 15 is 0 Å². The van der Waals surface area contributed by atoms with Crippen LogP contribution in [0.3, 0.4) is 0 Å². The standard InChI is InChI=1S/C13H22S/c1-8(2)11-9(3)14-10(4)12(11)13(5,6)7/h8H,1-7H3. The second kappa shape index (κ2) is 3.69. The van der Waals surface area contributed by atoms with Crippen molar-refractivity contribution in [1.82, 2.24) is 0 Å². The van der Waals surface area contributed by atoms with E-state index in [9.17, 15) is 0 Å². The molecule has 1 aromatic rings.